The van der Waals surface area contributed by atoms with Crippen molar-refractivity contribution in [1.82, 2.24) is 10.2 Å². The third-order valence-corrected chi connectivity index (χ3v) is 2.58. The lowest BCUT2D eigenvalue weighted by atomic mass is 10.1. The van der Waals surface area contributed by atoms with E-state index in [0.29, 0.717) is 11.9 Å². The van der Waals surface area contributed by atoms with Gasteiger partial charge in [0.2, 0.25) is 5.89 Å². The van der Waals surface area contributed by atoms with Crippen LogP contribution in [-0.4, -0.2) is 24.3 Å². The Morgan fingerprint density at radius 2 is 2.11 bits per heavy atom. The number of anilines is 3. The molecule has 0 unspecified atom stereocenters. The molecule has 0 bridgehead atoms. The summed E-state index contributed by atoms with van der Waals surface area (Å²) in [5.74, 6) is 0.414. The molecule has 1 heterocycles. The van der Waals surface area contributed by atoms with Crippen LogP contribution in [0.4, 0.5) is 17.4 Å². The average molecular weight is 247 g/mol. The van der Waals surface area contributed by atoms with E-state index in [1.807, 2.05) is 32.3 Å². The number of rotatable bonds is 4. The molecular weight excluding hydrogens is 230 g/mol. The second-order valence-corrected chi connectivity index (χ2v) is 4.23. The zero-order valence-corrected chi connectivity index (χ0v) is 10.8. The molecule has 1 aromatic carbocycles. The van der Waals surface area contributed by atoms with Gasteiger partial charge in [-0.1, -0.05) is 11.2 Å². The molecule has 2 rings (SSSR count). The Hall–Kier alpha value is -2.08. The quantitative estimate of drug-likeness (QED) is 0.855. The van der Waals surface area contributed by atoms with Crippen molar-refractivity contribution < 1.29 is 4.42 Å². The number of benzene rings is 1. The summed E-state index contributed by atoms with van der Waals surface area (Å²) in [6.45, 7) is 2.31. The van der Waals surface area contributed by atoms with Crippen molar-refractivity contribution in [3.05, 3.63) is 29.7 Å². The second kappa shape index (κ2) is 5.05. The molecule has 0 atom stereocenters. The van der Waals surface area contributed by atoms with E-state index in [1.165, 1.54) is 5.56 Å². The average Bonchev–Trinajstić information content (AvgIpc) is 2.79. The van der Waals surface area contributed by atoms with Crippen molar-refractivity contribution in [3.63, 3.8) is 0 Å². The largest absolute Gasteiger partial charge is 0.406 e. The maximum absolute atomic E-state index is 5.41. The van der Waals surface area contributed by atoms with Crippen molar-refractivity contribution in [2.45, 2.75) is 13.5 Å². The van der Waals surface area contributed by atoms with Gasteiger partial charge in [-0.3, -0.25) is 0 Å². The molecule has 1 aromatic heterocycles. The van der Waals surface area contributed by atoms with Gasteiger partial charge in [0.15, 0.2) is 0 Å². The molecule has 0 aliphatic heterocycles. The van der Waals surface area contributed by atoms with E-state index in [0.717, 1.165) is 11.4 Å². The van der Waals surface area contributed by atoms with Gasteiger partial charge in [0, 0.05) is 25.5 Å². The first-order chi connectivity index (χ1) is 8.60. The van der Waals surface area contributed by atoms with Crippen LogP contribution in [0, 0.1) is 6.92 Å². The third kappa shape index (κ3) is 2.60. The maximum atomic E-state index is 5.41. The molecule has 0 radical (unpaired) electrons. The lowest BCUT2D eigenvalue weighted by Gasteiger charge is -2.16. The standard InChI is InChI=1S/C12H17N5O/c1-8-4-5-9(6-10(8)17(2)3)14-12-16-15-11(7-13)18-12/h4-6H,7,13H2,1-3H3,(H,14,16). The Morgan fingerprint density at radius 1 is 1.33 bits per heavy atom. The fraction of sp³-hybridized carbons (Fsp3) is 0.333. The third-order valence-electron chi connectivity index (χ3n) is 2.58. The van der Waals surface area contributed by atoms with Crippen molar-refractivity contribution in [2.75, 3.05) is 24.3 Å². The van der Waals surface area contributed by atoms with Crippen molar-refractivity contribution in [1.29, 1.82) is 0 Å². The van der Waals surface area contributed by atoms with Crippen LogP contribution in [0.2, 0.25) is 0 Å². The van der Waals surface area contributed by atoms with Gasteiger partial charge in [-0.2, -0.15) is 0 Å². The molecule has 0 aliphatic carbocycles. The second-order valence-electron chi connectivity index (χ2n) is 4.23. The predicted molar refractivity (Wildman–Crippen MR) is 71.0 cm³/mol. The van der Waals surface area contributed by atoms with Gasteiger partial charge in [-0.05, 0) is 24.6 Å². The highest BCUT2D eigenvalue weighted by Crippen LogP contribution is 2.24. The number of nitrogens with one attached hydrogen (secondary N) is 1. The summed E-state index contributed by atoms with van der Waals surface area (Å²) < 4.78 is 5.30. The SMILES string of the molecule is Cc1ccc(Nc2nnc(CN)o2)cc1N(C)C. The molecule has 3 N–H and O–H groups in total. The van der Waals surface area contributed by atoms with Gasteiger partial charge >= 0.3 is 6.01 Å². The van der Waals surface area contributed by atoms with E-state index in [2.05, 4.69) is 27.3 Å². The molecule has 0 spiro atoms. The lowest BCUT2D eigenvalue weighted by molar-refractivity contribution is 0.511. The number of hydrogen-bond donors (Lipinski definition) is 2. The number of hydrogen-bond acceptors (Lipinski definition) is 6. The first kappa shape index (κ1) is 12.4. The molecule has 0 saturated carbocycles. The van der Waals surface area contributed by atoms with Crippen LogP contribution < -0.4 is 16.0 Å². The fourth-order valence-electron chi connectivity index (χ4n) is 1.68. The zero-order chi connectivity index (χ0) is 13.1. The van der Waals surface area contributed by atoms with Gasteiger partial charge in [0.25, 0.3) is 0 Å². The number of nitrogens with zero attached hydrogens (tertiary/aromatic N) is 3. The van der Waals surface area contributed by atoms with E-state index in [1.54, 1.807) is 0 Å². The normalized spacial score (nSPS) is 10.4. The van der Waals surface area contributed by atoms with Crippen LogP contribution in [-0.2, 0) is 6.54 Å². The molecule has 18 heavy (non-hydrogen) atoms. The van der Waals surface area contributed by atoms with Crippen LogP contribution >= 0.6 is 0 Å². The van der Waals surface area contributed by atoms with Crippen LogP contribution in [0.25, 0.3) is 0 Å². The molecular formula is C12H17N5O. The summed E-state index contributed by atoms with van der Waals surface area (Å²) in [5, 5.41) is 10.7. The van der Waals surface area contributed by atoms with Crippen LogP contribution in [0.5, 0.6) is 0 Å². The highest BCUT2D eigenvalue weighted by molar-refractivity contribution is 5.64. The summed E-state index contributed by atoms with van der Waals surface area (Å²) in [6.07, 6.45) is 0. The highest BCUT2D eigenvalue weighted by atomic mass is 16.4. The highest BCUT2D eigenvalue weighted by Gasteiger charge is 2.06. The maximum Gasteiger partial charge on any atom is 0.320 e. The van der Waals surface area contributed by atoms with E-state index >= 15 is 0 Å². The van der Waals surface area contributed by atoms with Gasteiger partial charge < -0.3 is 20.4 Å². The van der Waals surface area contributed by atoms with Crippen molar-refractivity contribution >= 4 is 17.4 Å². The summed E-state index contributed by atoms with van der Waals surface area (Å²) in [5.41, 5.74) is 8.65. The zero-order valence-electron chi connectivity index (χ0n) is 10.8. The molecule has 0 saturated heterocycles. The minimum absolute atomic E-state index is 0.242. The summed E-state index contributed by atoms with van der Waals surface area (Å²) >= 11 is 0. The van der Waals surface area contributed by atoms with Gasteiger partial charge in [-0.15, -0.1) is 5.10 Å². The Morgan fingerprint density at radius 3 is 2.72 bits per heavy atom. The number of nitrogens with two attached hydrogens (primary N) is 1. The van der Waals surface area contributed by atoms with Gasteiger partial charge in [0.1, 0.15) is 0 Å². The molecule has 2 aromatic rings. The van der Waals surface area contributed by atoms with Gasteiger partial charge in [0.05, 0.1) is 6.54 Å². The smallest absolute Gasteiger partial charge is 0.320 e. The predicted octanol–water partition coefficient (Wildman–Crippen LogP) is 1.65. The Bertz CT molecular complexity index is 535. The number of aromatic nitrogens is 2. The topological polar surface area (TPSA) is 80.2 Å². The van der Waals surface area contributed by atoms with Gasteiger partial charge in [-0.25, -0.2) is 0 Å². The monoisotopic (exact) mass is 247 g/mol. The first-order valence-electron chi connectivity index (χ1n) is 5.67. The van der Waals surface area contributed by atoms with E-state index in [-0.39, 0.29) is 6.54 Å². The Labute approximate surface area is 106 Å². The Balaban J connectivity index is 2.21. The summed E-state index contributed by atoms with van der Waals surface area (Å²) in [7, 11) is 4.01. The first-order valence-corrected chi connectivity index (χ1v) is 5.67. The summed E-state index contributed by atoms with van der Waals surface area (Å²) in [4.78, 5) is 2.06. The van der Waals surface area contributed by atoms with Crippen LogP contribution in [0.3, 0.4) is 0 Å². The minimum atomic E-state index is 0.242. The molecule has 6 heteroatoms. The van der Waals surface area contributed by atoms with E-state index in [4.69, 9.17) is 10.2 Å². The molecule has 0 aliphatic rings. The van der Waals surface area contributed by atoms with Crippen LogP contribution in [0.1, 0.15) is 11.5 Å². The van der Waals surface area contributed by atoms with E-state index < -0.39 is 0 Å². The fourth-order valence-corrected chi connectivity index (χ4v) is 1.68. The molecule has 96 valence electrons. The van der Waals surface area contributed by atoms with Crippen molar-refractivity contribution in [2.24, 2.45) is 5.73 Å². The molecule has 0 amide bonds. The van der Waals surface area contributed by atoms with Crippen LogP contribution in [0.15, 0.2) is 22.6 Å². The summed E-state index contributed by atoms with van der Waals surface area (Å²) in [6, 6.07) is 6.39. The van der Waals surface area contributed by atoms with E-state index in [9.17, 15) is 0 Å². The minimum Gasteiger partial charge on any atom is -0.406 e. The number of aryl methyl sites for hydroxylation is 1. The Kier molecular flexibility index (Phi) is 3.47. The molecule has 6 nitrogen and oxygen atoms in total. The molecule has 0 fully saturated rings. The lowest BCUT2D eigenvalue weighted by Crippen LogP contribution is -2.10. The van der Waals surface area contributed by atoms with Crippen molar-refractivity contribution in [3.8, 4) is 0 Å².